The van der Waals surface area contributed by atoms with Crippen molar-refractivity contribution in [3.05, 3.63) is 59.4 Å². The lowest BCUT2D eigenvalue weighted by Gasteiger charge is -2.02. The number of aryl methyl sites for hydroxylation is 1. The van der Waals surface area contributed by atoms with Gasteiger partial charge < -0.3 is 5.32 Å². The maximum Gasteiger partial charge on any atom is 0.221 e. The lowest BCUT2D eigenvalue weighted by Crippen LogP contribution is -2.05. The third-order valence-corrected chi connectivity index (χ3v) is 2.56. The van der Waals surface area contributed by atoms with Gasteiger partial charge >= 0.3 is 0 Å². The van der Waals surface area contributed by atoms with Gasteiger partial charge in [0.25, 0.3) is 0 Å². The van der Waals surface area contributed by atoms with Crippen molar-refractivity contribution in [2.24, 2.45) is 0 Å². The fraction of sp³-hybridized carbons (Fsp3) is 0.125. The second kappa shape index (κ2) is 5.96. The summed E-state index contributed by atoms with van der Waals surface area (Å²) in [5.41, 5.74) is 3.74. The monoisotopic (exact) mass is 252 g/mol. The number of amides is 1. The first-order valence-corrected chi connectivity index (χ1v) is 6.13. The van der Waals surface area contributed by atoms with Crippen molar-refractivity contribution in [1.29, 1.82) is 0 Å². The van der Waals surface area contributed by atoms with Gasteiger partial charge in [0.05, 0.1) is 5.69 Å². The molecule has 0 aliphatic carbocycles. The van der Waals surface area contributed by atoms with E-state index in [0.29, 0.717) is 0 Å². The molecule has 0 saturated carbocycles. The second-order valence-corrected chi connectivity index (χ2v) is 4.34. The van der Waals surface area contributed by atoms with Gasteiger partial charge in [-0.15, -0.1) is 0 Å². The summed E-state index contributed by atoms with van der Waals surface area (Å²) in [6, 6.07) is 13.6. The Labute approximate surface area is 113 Å². The summed E-state index contributed by atoms with van der Waals surface area (Å²) in [4.78, 5) is 15.4. The summed E-state index contributed by atoms with van der Waals surface area (Å²) in [6.45, 7) is 3.47. The van der Waals surface area contributed by atoms with E-state index in [-0.39, 0.29) is 5.91 Å². The fourth-order valence-electron chi connectivity index (χ4n) is 1.76. The summed E-state index contributed by atoms with van der Waals surface area (Å²) >= 11 is 0. The highest BCUT2D eigenvalue weighted by atomic mass is 16.1. The molecule has 2 rings (SSSR count). The molecule has 1 amide bonds. The Morgan fingerprint density at radius 1 is 1.16 bits per heavy atom. The van der Waals surface area contributed by atoms with E-state index in [2.05, 4.69) is 10.3 Å². The molecular formula is C16H16N2O. The topological polar surface area (TPSA) is 42.0 Å². The minimum absolute atomic E-state index is 0.0681. The third-order valence-electron chi connectivity index (χ3n) is 2.56. The van der Waals surface area contributed by atoms with Crippen LogP contribution >= 0.6 is 0 Å². The maximum absolute atomic E-state index is 11.0. The van der Waals surface area contributed by atoms with Crippen LogP contribution in [-0.4, -0.2) is 10.9 Å². The molecule has 1 N–H and O–H groups in total. The summed E-state index contributed by atoms with van der Waals surface area (Å²) < 4.78 is 0. The highest BCUT2D eigenvalue weighted by molar-refractivity contribution is 5.89. The van der Waals surface area contributed by atoms with Crippen LogP contribution in [0.1, 0.15) is 23.9 Å². The van der Waals surface area contributed by atoms with Gasteiger partial charge in [-0.2, -0.15) is 0 Å². The summed E-state index contributed by atoms with van der Waals surface area (Å²) in [7, 11) is 0. The minimum atomic E-state index is -0.0681. The summed E-state index contributed by atoms with van der Waals surface area (Å²) in [5, 5.41) is 2.76. The van der Waals surface area contributed by atoms with E-state index >= 15 is 0 Å². The standard InChI is InChI=1S/C16H16N2O/c1-12-5-3-7-15(17-12)10-9-14-6-4-8-16(11-14)18-13(2)19/h3-11H,1-2H3,(H,18,19). The molecule has 0 aliphatic rings. The second-order valence-electron chi connectivity index (χ2n) is 4.34. The lowest BCUT2D eigenvalue weighted by molar-refractivity contribution is -0.114. The first-order chi connectivity index (χ1) is 9.13. The van der Waals surface area contributed by atoms with E-state index in [1.54, 1.807) is 0 Å². The molecule has 1 aromatic heterocycles. The van der Waals surface area contributed by atoms with Crippen molar-refractivity contribution in [3.63, 3.8) is 0 Å². The van der Waals surface area contributed by atoms with Gasteiger partial charge in [0.2, 0.25) is 5.91 Å². The van der Waals surface area contributed by atoms with Crippen LogP contribution in [0, 0.1) is 6.92 Å². The van der Waals surface area contributed by atoms with Gasteiger partial charge in [0.15, 0.2) is 0 Å². The Morgan fingerprint density at radius 2 is 1.95 bits per heavy atom. The third kappa shape index (κ3) is 4.07. The summed E-state index contributed by atoms with van der Waals surface area (Å²) in [5.74, 6) is -0.0681. The number of nitrogens with zero attached hydrogens (tertiary/aromatic N) is 1. The molecule has 96 valence electrons. The van der Waals surface area contributed by atoms with Gasteiger partial charge in [0, 0.05) is 18.3 Å². The average Bonchev–Trinajstić information content (AvgIpc) is 2.36. The molecule has 3 heteroatoms. The predicted molar refractivity (Wildman–Crippen MR) is 78.6 cm³/mol. The normalized spacial score (nSPS) is 10.6. The zero-order chi connectivity index (χ0) is 13.7. The van der Waals surface area contributed by atoms with Crippen LogP contribution in [0.2, 0.25) is 0 Å². The minimum Gasteiger partial charge on any atom is -0.326 e. The molecule has 2 aromatic rings. The van der Waals surface area contributed by atoms with Crippen LogP contribution in [-0.2, 0) is 4.79 Å². The van der Waals surface area contributed by atoms with Crippen LogP contribution in [0.25, 0.3) is 12.2 Å². The van der Waals surface area contributed by atoms with E-state index in [1.165, 1.54) is 6.92 Å². The van der Waals surface area contributed by atoms with E-state index in [9.17, 15) is 4.79 Å². The van der Waals surface area contributed by atoms with Crippen LogP contribution in [0.3, 0.4) is 0 Å². The fourth-order valence-corrected chi connectivity index (χ4v) is 1.76. The van der Waals surface area contributed by atoms with Crippen LogP contribution < -0.4 is 5.32 Å². The van der Waals surface area contributed by atoms with Crippen molar-refractivity contribution >= 4 is 23.7 Å². The largest absolute Gasteiger partial charge is 0.326 e. The van der Waals surface area contributed by atoms with Gasteiger partial charge in [-0.05, 0) is 42.8 Å². The molecule has 0 saturated heterocycles. The summed E-state index contributed by atoms with van der Waals surface area (Å²) in [6.07, 6.45) is 3.94. The van der Waals surface area contributed by atoms with E-state index in [4.69, 9.17) is 0 Å². The number of pyridine rings is 1. The Hall–Kier alpha value is -2.42. The Morgan fingerprint density at radius 3 is 2.68 bits per heavy atom. The number of aromatic nitrogens is 1. The number of anilines is 1. The van der Waals surface area contributed by atoms with Gasteiger partial charge in [-0.3, -0.25) is 9.78 Å². The molecule has 0 unspecified atom stereocenters. The van der Waals surface area contributed by atoms with Crippen molar-refractivity contribution in [2.75, 3.05) is 5.32 Å². The number of nitrogens with one attached hydrogen (secondary N) is 1. The van der Waals surface area contributed by atoms with E-state index in [0.717, 1.165) is 22.6 Å². The van der Waals surface area contributed by atoms with Gasteiger partial charge in [-0.25, -0.2) is 0 Å². The highest BCUT2D eigenvalue weighted by Crippen LogP contribution is 2.13. The molecule has 0 fully saturated rings. The Bertz CT molecular complexity index is 618. The lowest BCUT2D eigenvalue weighted by atomic mass is 10.1. The van der Waals surface area contributed by atoms with Crippen LogP contribution in [0.5, 0.6) is 0 Å². The van der Waals surface area contributed by atoms with Gasteiger partial charge in [0.1, 0.15) is 0 Å². The number of hydrogen-bond donors (Lipinski definition) is 1. The van der Waals surface area contributed by atoms with E-state index < -0.39 is 0 Å². The molecule has 1 aromatic carbocycles. The van der Waals surface area contributed by atoms with E-state index in [1.807, 2.05) is 61.5 Å². The van der Waals surface area contributed by atoms with Gasteiger partial charge in [-0.1, -0.05) is 24.3 Å². The molecule has 0 bridgehead atoms. The number of hydrogen-bond acceptors (Lipinski definition) is 2. The molecule has 0 aliphatic heterocycles. The molecule has 1 heterocycles. The number of benzene rings is 1. The zero-order valence-electron chi connectivity index (χ0n) is 11.1. The molecule has 3 nitrogen and oxygen atoms in total. The highest BCUT2D eigenvalue weighted by Gasteiger charge is 1.96. The smallest absolute Gasteiger partial charge is 0.221 e. The average molecular weight is 252 g/mol. The maximum atomic E-state index is 11.0. The molecule has 0 radical (unpaired) electrons. The molecule has 0 atom stereocenters. The quantitative estimate of drug-likeness (QED) is 0.908. The zero-order valence-corrected chi connectivity index (χ0v) is 11.1. The molecule has 0 spiro atoms. The van der Waals surface area contributed by atoms with Crippen molar-refractivity contribution < 1.29 is 4.79 Å². The number of rotatable bonds is 3. The Kier molecular flexibility index (Phi) is 4.08. The van der Waals surface area contributed by atoms with Crippen LogP contribution in [0.4, 0.5) is 5.69 Å². The van der Waals surface area contributed by atoms with Crippen LogP contribution in [0.15, 0.2) is 42.5 Å². The number of carbonyl (C=O) groups excluding carboxylic acids is 1. The number of carbonyl (C=O) groups is 1. The SMILES string of the molecule is CC(=O)Nc1cccc(C=Cc2cccc(C)n2)c1. The molecule has 19 heavy (non-hydrogen) atoms. The predicted octanol–water partition coefficient (Wildman–Crippen LogP) is 3.52. The first-order valence-electron chi connectivity index (χ1n) is 6.13. The van der Waals surface area contributed by atoms with Crippen molar-refractivity contribution in [2.45, 2.75) is 13.8 Å². The first kappa shape index (κ1) is 13.0. The van der Waals surface area contributed by atoms with Crippen molar-refractivity contribution in [3.8, 4) is 0 Å². The van der Waals surface area contributed by atoms with Crippen molar-refractivity contribution in [1.82, 2.24) is 4.98 Å². The molecular weight excluding hydrogens is 236 g/mol. The Balaban J connectivity index is 2.16.